The summed E-state index contributed by atoms with van der Waals surface area (Å²) in [6.07, 6.45) is 1.26. The van der Waals surface area contributed by atoms with Gasteiger partial charge in [-0.15, -0.1) is 0 Å². The van der Waals surface area contributed by atoms with Gasteiger partial charge in [0.15, 0.2) is 0 Å². The number of pyridine rings is 1. The summed E-state index contributed by atoms with van der Waals surface area (Å²) in [6, 6.07) is 8.49. The molecule has 0 fully saturated rings. The van der Waals surface area contributed by atoms with Gasteiger partial charge in [-0.25, -0.2) is 4.79 Å². The molecule has 3 N–H and O–H groups in total. The summed E-state index contributed by atoms with van der Waals surface area (Å²) < 4.78 is 0. The molecule has 0 aliphatic carbocycles. The largest absolute Gasteiger partial charge is 0.478 e. The first-order valence-corrected chi connectivity index (χ1v) is 5.21. The van der Waals surface area contributed by atoms with Gasteiger partial charge in [-0.3, -0.25) is 4.98 Å². The van der Waals surface area contributed by atoms with E-state index in [2.05, 4.69) is 4.98 Å². The predicted octanol–water partition coefficient (Wildman–Crippen LogP) is 2.68. The molecule has 0 saturated carbocycles. The third-order valence-corrected chi connectivity index (χ3v) is 2.62. The Hall–Kier alpha value is -2.07. The lowest BCUT2D eigenvalue weighted by atomic mass is 10.1. The van der Waals surface area contributed by atoms with Crippen molar-refractivity contribution in [3.05, 3.63) is 47.1 Å². The highest BCUT2D eigenvalue weighted by Crippen LogP contribution is 2.30. The Morgan fingerprint density at radius 1 is 1.35 bits per heavy atom. The summed E-state index contributed by atoms with van der Waals surface area (Å²) in [4.78, 5) is 14.8. The number of benzene rings is 1. The zero-order chi connectivity index (χ0) is 12.4. The van der Waals surface area contributed by atoms with Gasteiger partial charge in [-0.2, -0.15) is 0 Å². The molecule has 2 aromatic rings. The molecule has 0 radical (unpaired) electrons. The number of halogens is 1. The van der Waals surface area contributed by atoms with Crippen molar-refractivity contribution in [3.8, 4) is 11.3 Å². The van der Waals surface area contributed by atoms with Crippen molar-refractivity contribution in [2.24, 2.45) is 0 Å². The second-order valence-corrected chi connectivity index (χ2v) is 3.85. The lowest BCUT2D eigenvalue weighted by Crippen LogP contribution is -2.01. The van der Waals surface area contributed by atoms with Crippen LogP contribution in [-0.4, -0.2) is 16.1 Å². The Morgan fingerprint density at radius 3 is 2.65 bits per heavy atom. The van der Waals surface area contributed by atoms with E-state index < -0.39 is 5.97 Å². The summed E-state index contributed by atoms with van der Waals surface area (Å²) in [6.45, 7) is 0. The van der Waals surface area contributed by atoms with Gasteiger partial charge in [0, 0.05) is 11.8 Å². The van der Waals surface area contributed by atoms with E-state index in [1.165, 1.54) is 12.3 Å². The first kappa shape index (κ1) is 11.4. The molecule has 0 aliphatic heterocycles. The first-order valence-electron chi connectivity index (χ1n) is 4.83. The maximum atomic E-state index is 10.7. The van der Waals surface area contributed by atoms with E-state index in [0.29, 0.717) is 16.3 Å². The number of carboxylic acid groups (broad SMARTS) is 1. The van der Waals surface area contributed by atoms with Crippen molar-refractivity contribution >= 4 is 23.3 Å². The van der Waals surface area contributed by atoms with Crippen LogP contribution in [0.15, 0.2) is 36.5 Å². The minimum atomic E-state index is -1.06. The number of rotatable bonds is 2. The number of aromatic nitrogens is 1. The summed E-state index contributed by atoms with van der Waals surface area (Å²) in [7, 11) is 0. The van der Waals surface area contributed by atoms with Crippen molar-refractivity contribution in [1.29, 1.82) is 0 Å². The molecule has 17 heavy (non-hydrogen) atoms. The predicted molar refractivity (Wildman–Crippen MR) is 66.1 cm³/mol. The number of carbonyl (C=O) groups is 1. The molecular weight excluding hydrogens is 240 g/mol. The number of carboxylic acids is 1. The quantitative estimate of drug-likeness (QED) is 0.857. The van der Waals surface area contributed by atoms with E-state index in [0.717, 1.165) is 0 Å². The van der Waals surface area contributed by atoms with Crippen LogP contribution in [-0.2, 0) is 0 Å². The van der Waals surface area contributed by atoms with E-state index in [1.807, 2.05) is 6.07 Å². The SMILES string of the molecule is Nc1cc(C(=O)O)cnc1-c1ccccc1Cl. The standard InChI is InChI=1S/C12H9ClN2O2/c13-9-4-2-1-3-8(9)11-10(14)5-7(6-15-11)12(16)17/h1-6H,14H2,(H,16,17). The number of hydrogen-bond donors (Lipinski definition) is 2. The molecule has 0 aliphatic rings. The molecule has 1 aromatic heterocycles. The fourth-order valence-electron chi connectivity index (χ4n) is 1.48. The zero-order valence-corrected chi connectivity index (χ0v) is 9.48. The fourth-order valence-corrected chi connectivity index (χ4v) is 1.70. The zero-order valence-electron chi connectivity index (χ0n) is 8.72. The Kier molecular flexibility index (Phi) is 2.97. The monoisotopic (exact) mass is 248 g/mol. The third-order valence-electron chi connectivity index (χ3n) is 2.29. The second kappa shape index (κ2) is 4.43. The Balaban J connectivity index is 2.55. The highest BCUT2D eigenvalue weighted by Gasteiger charge is 2.11. The number of hydrogen-bond acceptors (Lipinski definition) is 3. The molecule has 2 rings (SSSR count). The van der Waals surface area contributed by atoms with Crippen LogP contribution in [0.1, 0.15) is 10.4 Å². The average molecular weight is 249 g/mol. The van der Waals surface area contributed by atoms with Crippen LogP contribution in [0.25, 0.3) is 11.3 Å². The number of aromatic carboxylic acids is 1. The maximum Gasteiger partial charge on any atom is 0.337 e. The minimum absolute atomic E-state index is 0.0540. The minimum Gasteiger partial charge on any atom is -0.478 e. The van der Waals surface area contributed by atoms with Crippen LogP contribution in [0.2, 0.25) is 5.02 Å². The first-order chi connectivity index (χ1) is 8.09. The van der Waals surface area contributed by atoms with E-state index in [1.54, 1.807) is 18.2 Å². The van der Waals surface area contributed by atoms with Gasteiger partial charge in [0.05, 0.1) is 22.0 Å². The molecule has 0 unspecified atom stereocenters. The maximum absolute atomic E-state index is 10.7. The number of nitrogens with zero attached hydrogens (tertiary/aromatic N) is 1. The second-order valence-electron chi connectivity index (χ2n) is 3.45. The summed E-state index contributed by atoms with van der Waals surface area (Å²) in [5.41, 5.74) is 7.29. The molecule has 86 valence electrons. The van der Waals surface area contributed by atoms with Gasteiger partial charge in [0.2, 0.25) is 0 Å². The summed E-state index contributed by atoms with van der Waals surface area (Å²) >= 11 is 6.02. The van der Waals surface area contributed by atoms with Crippen LogP contribution in [0.3, 0.4) is 0 Å². The van der Waals surface area contributed by atoms with Crippen molar-refractivity contribution < 1.29 is 9.90 Å². The van der Waals surface area contributed by atoms with Crippen molar-refractivity contribution in [3.63, 3.8) is 0 Å². The Labute approximate surface area is 103 Å². The van der Waals surface area contributed by atoms with E-state index in [4.69, 9.17) is 22.4 Å². The number of nitrogens with two attached hydrogens (primary N) is 1. The van der Waals surface area contributed by atoms with E-state index in [-0.39, 0.29) is 11.3 Å². The Morgan fingerprint density at radius 2 is 2.06 bits per heavy atom. The number of anilines is 1. The third kappa shape index (κ3) is 2.21. The molecule has 0 atom stereocenters. The molecule has 0 bridgehead atoms. The topological polar surface area (TPSA) is 76.2 Å². The normalized spacial score (nSPS) is 10.2. The van der Waals surface area contributed by atoms with Crippen molar-refractivity contribution in [2.45, 2.75) is 0 Å². The summed E-state index contributed by atoms with van der Waals surface area (Å²) in [5, 5.41) is 9.33. The number of nitrogen functional groups attached to an aromatic ring is 1. The van der Waals surface area contributed by atoms with E-state index in [9.17, 15) is 4.79 Å². The molecule has 1 heterocycles. The smallest absolute Gasteiger partial charge is 0.337 e. The van der Waals surface area contributed by atoms with Crippen molar-refractivity contribution in [2.75, 3.05) is 5.73 Å². The summed E-state index contributed by atoms with van der Waals surface area (Å²) in [5.74, 6) is -1.06. The van der Waals surface area contributed by atoms with Gasteiger partial charge in [-0.05, 0) is 12.1 Å². The van der Waals surface area contributed by atoms with Gasteiger partial charge in [0.25, 0.3) is 0 Å². The lowest BCUT2D eigenvalue weighted by molar-refractivity contribution is 0.0696. The van der Waals surface area contributed by atoms with Crippen LogP contribution in [0, 0.1) is 0 Å². The molecule has 4 nitrogen and oxygen atoms in total. The highest BCUT2D eigenvalue weighted by atomic mass is 35.5. The molecule has 0 spiro atoms. The molecule has 1 aromatic carbocycles. The van der Waals surface area contributed by atoms with Crippen LogP contribution >= 0.6 is 11.6 Å². The molecular formula is C12H9ClN2O2. The van der Waals surface area contributed by atoms with Gasteiger partial charge in [-0.1, -0.05) is 29.8 Å². The fraction of sp³-hybridized carbons (Fsp3) is 0. The van der Waals surface area contributed by atoms with Crippen LogP contribution in [0.4, 0.5) is 5.69 Å². The highest BCUT2D eigenvalue weighted by molar-refractivity contribution is 6.33. The Bertz CT molecular complexity index is 584. The van der Waals surface area contributed by atoms with Crippen LogP contribution < -0.4 is 5.73 Å². The molecule has 0 saturated heterocycles. The van der Waals surface area contributed by atoms with Gasteiger partial charge in [0.1, 0.15) is 0 Å². The molecule has 0 amide bonds. The van der Waals surface area contributed by atoms with Crippen molar-refractivity contribution in [1.82, 2.24) is 4.98 Å². The van der Waals surface area contributed by atoms with Gasteiger partial charge < -0.3 is 10.8 Å². The average Bonchev–Trinajstić information content (AvgIpc) is 2.30. The lowest BCUT2D eigenvalue weighted by Gasteiger charge is -2.07. The van der Waals surface area contributed by atoms with Gasteiger partial charge >= 0.3 is 5.97 Å². The van der Waals surface area contributed by atoms with E-state index >= 15 is 0 Å². The van der Waals surface area contributed by atoms with Crippen LogP contribution in [0.5, 0.6) is 0 Å². The molecule has 5 heteroatoms.